The number of nitrogens with zero attached hydrogens (tertiary/aromatic N) is 3. The van der Waals surface area contributed by atoms with E-state index in [0.717, 1.165) is 46.5 Å². The fourth-order valence-electron chi connectivity index (χ4n) is 4.21. The van der Waals surface area contributed by atoms with Gasteiger partial charge in [-0.15, -0.1) is 0 Å². The number of hydrogen-bond acceptors (Lipinski definition) is 10. The lowest BCUT2D eigenvalue weighted by Gasteiger charge is -2.23. The predicted octanol–water partition coefficient (Wildman–Crippen LogP) is 3.19. The molecule has 0 saturated heterocycles. The molecule has 1 saturated carbocycles. The number of carbonyl (C=O) groups is 2. The average Bonchev–Trinajstić information content (AvgIpc) is 3.86. The Hall–Kier alpha value is -5.26. The van der Waals surface area contributed by atoms with Crippen LogP contribution in [0.3, 0.4) is 0 Å². The number of benzene rings is 1. The molecule has 0 unspecified atom stereocenters. The van der Waals surface area contributed by atoms with Gasteiger partial charge in [0.15, 0.2) is 0 Å². The Morgan fingerprint density at radius 3 is 2.33 bits per heavy atom. The van der Waals surface area contributed by atoms with Crippen molar-refractivity contribution < 1.29 is 14.3 Å². The predicted molar refractivity (Wildman–Crippen MR) is 183 cm³/mol. The smallest absolute Gasteiger partial charge is 0.228 e. The third-order valence-corrected chi connectivity index (χ3v) is 6.91. The molecule has 12 heteroatoms. The third kappa shape index (κ3) is 10.4. The topological polar surface area (TPSA) is 186 Å². The van der Waals surface area contributed by atoms with Gasteiger partial charge in [0.1, 0.15) is 11.6 Å². The fourth-order valence-corrected chi connectivity index (χ4v) is 4.21. The summed E-state index contributed by atoms with van der Waals surface area (Å²) in [5.74, 6) is 0.805. The number of amides is 2. The zero-order valence-electron chi connectivity index (χ0n) is 27.3. The minimum absolute atomic E-state index is 0.0404. The number of pyridine rings is 1. The van der Waals surface area contributed by atoms with Crippen LogP contribution in [0.2, 0.25) is 0 Å². The first-order chi connectivity index (χ1) is 21.4. The molecule has 0 spiro atoms. The molecule has 12 nitrogen and oxygen atoms in total. The van der Waals surface area contributed by atoms with Crippen molar-refractivity contribution in [1.29, 1.82) is 0 Å². The highest BCUT2D eigenvalue weighted by atomic mass is 16.5. The first-order valence-electron chi connectivity index (χ1n) is 14.4. The minimum Gasteiger partial charge on any atom is -0.494 e. The molecule has 0 radical (unpaired) electrons. The Morgan fingerprint density at radius 1 is 1.18 bits per heavy atom. The van der Waals surface area contributed by atoms with Crippen LogP contribution in [0.4, 0.5) is 5.69 Å². The number of rotatable bonds is 13. The molecular formula is C33H47N9O3. The molecular weight excluding hydrogens is 570 g/mol. The van der Waals surface area contributed by atoms with Gasteiger partial charge >= 0.3 is 0 Å². The van der Waals surface area contributed by atoms with Gasteiger partial charge in [-0.05, 0) is 51.3 Å². The van der Waals surface area contributed by atoms with Crippen LogP contribution in [0.1, 0.15) is 37.9 Å². The summed E-state index contributed by atoms with van der Waals surface area (Å²) in [4.78, 5) is 32.0. The Balaban J connectivity index is 0.00000166. The van der Waals surface area contributed by atoms with Crippen LogP contribution in [-0.4, -0.2) is 63.2 Å². The molecule has 1 aliphatic rings. The van der Waals surface area contributed by atoms with Crippen LogP contribution in [0.15, 0.2) is 76.6 Å². The lowest BCUT2D eigenvalue weighted by molar-refractivity contribution is -0.121. The quantitative estimate of drug-likeness (QED) is 0.112. The summed E-state index contributed by atoms with van der Waals surface area (Å²) in [6.45, 7) is 10.4. The second-order valence-corrected chi connectivity index (χ2v) is 10.7. The lowest BCUT2D eigenvalue weighted by Crippen LogP contribution is -2.29. The van der Waals surface area contributed by atoms with Gasteiger partial charge in [-0.1, -0.05) is 18.7 Å². The number of methoxy groups -OCH3 is 1. The normalized spacial score (nSPS) is 13.9. The number of hydrogen-bond donors (Lipinski definition) is 6. The minimum atomic E-state index is -0.0750. The van der Waals surface area contributed by atoms with Crippen molar-refractivity contribution in [1.82, 2.24) is 20.5 Å². The molecule has 45 heavy (non-hydrogen) atoms. The number of carbonyl (C=O) groups excluding carboxylic acids is 2. The number of likely N-dealkylation sites (N-methyl/N-ethyl adjacent to an activating group) is 1. The first kappa shape index (κ1) is 35.9. The number of nitrogens with one attached hydrogen (secondary N) is 3. The number of aromatic nitrogens is 1. The van der Waals surface area contributed by atoms with E-state index in [0.29, 0.717) is 41.5 Å². The molecule has 1 aromatic heterocycles. The van der Waals surface area contributed by atoms with E-state index < -0.39 is 0 Å². The van der Waals surface area contributed by atoms with E-state index >= 15 is 0 Å². The Morgan fingerprint density at radius 2 is 1.84 bits per heavy atom. The molecule has 1 aliphatic carbocycles. The second kappa shape index (κ2) is 17.1. The van der Waals surface area contributed by atoms with E-state index in [1.165, 1.54) is 0 Å². The van der Waals surface area contributed by atoms with E-state index in [1.807, 2.05) is 50.1 Å². The van der Waals surface area contributed by atoms with Crippen molar-refractivity contribution >= 4 is 29.9 Å². The maximum absolute atomic E-state index is 12.1. The second-order valence-electron chi connectivity index (χ2n) is 10.7. The van der Waals surface area contributed by atoms with Gasteiger partial charge in [-0.2, -0.15) is 0 Å². The van der Waals surface area contributed by atoms with E-state index in [1.54, 1.807) is 46.6 Å². The third-order valence-electron chi connectivity index (χ3n) is 6.91. The number of anilines is 1. The van der Waals surface area contributed by atoms with E-state index in [4.69, 9.17) is 31.7 Å². The van der Waals surface area contributed by atoms with Crippen molar-refractivity contribution in [2.45, 2.75) is 33.6 Å². The Bertz CT molecular complexity index is 1480. The number of ether oxygens (including phenoxy) is 1. The van der Waals surface area contributed by atoms with Crippen LogP contribution in [0.25, 0.3) is 16.8 Å². The summed E-state index contributed by atoms with van der Waals surface area (Å²) in [6, 6.07) is 7.83. The van der Waals surface area contributed by atoms with E-state index in [2.05, 4.69) is 27.5 Å². The summed E-state index contributed by atoms with van der Waals surface area (Å²) >= 11 is 0. The van der Waals surface area contributed by atoms with Crippen molar-refractivity contribution in [3.8, 4) is 16.9 Å². The number of allylic oxidation sites excluding steroid dienone is 3. The van der Waals surface area contributed by atoms with E-state index in [-0.39, 0.29) is 17.6 Å². The molecule has 2 amide bonds. The van der Waals surface area contributed by atoms with Crippen LogP contribution in [0, 0.1) is 12.8 Å². The van der Waals surface area contributed by atoms with Gasteiger partial charge in [0.25, 0.3) is 0 Å². The van der Waals surface area contributed by atoms with Crippen molar-refractivity contribution in [3.05, 3.63) is 82.9 Å². The van der Waals surface area contributed by atoms with Crippen molar-refractivity contribution in [2.75, 3.05) is 40.1 Å². The van der Waals surface area contributed by atoms with Gasteiger partial charge in [0.2, 0.25) is 12.3 Å². The summed E-state index contributed by atoms with van der Waals surface area (Å²) in [5.41, 5.74) is 25.9. The molecule has 1 aromatic carbocycles. The van der Waals surface area contributed by atoms with Gasteiger partial charge in [-0.3, -0.25) is 19.6 Å². The molecule has 1 heterocycles. The highest BCUT2D eigenvalue weighted by Gasteiger charge is 2.29. The van der Waals surface area contributed by atoms with Crippen molar-refractivity contribution in [2.24, 2.45) is 28.1 Å². The number of aryl methyl sites for hydroxylation is 1. The maximum Gasteiger partial charge on any atom is 0.228 e. The number of nitrogens with two attached hydrogens (primary N) is 3. The van der Waals surface area contributed by atoms with Crippen LogP contribution >= 0.6 is 0 Å². The zero-order valence-corrected chi connectivity index (χ0v) is 27.3. The molecule has 0 aliphatic heterocycles. The average molecular weight is 618 g/mol. The fraction of sp³-hybridized carbons (Fsp3) is 0.333. The monoisotopic (exact) mass is 617 g/mol. The van der Waals surface area contributed by atoms with Gasteiger partial charge in [0, 0.05) is 80.2 Å². The maximum atomic E-state index is 12.1. The first-order valence-corrected chi connectivity index (χ1v) is 14.4. The molecule has 3 rings (SSSR count). The molecule has 0 bridgehead atoms. The Labute approximate surface area is 266 Å². The summed E-state index contributed by atoms with van der Waals surface area (Å²) in [6.07, 6.45) is 7.58. The highest BCUT2D eigenvalue weighted by Crippen LogP contribution is 2.40. The van der Waals surface area contributed by atoms with Crippen LogP contribution < -0.4 is 37.9 Å². The molecule has 2 aromatic rings. The van der Waals surface area contributed by atoms with Crippen LogP contribution in [0.5, 0.6) is 5.75 Å². The molecule has 9 N–H and O–H groups in total. The van der Waals surface area contributed by atoms with Gasteiger partial charge in [-0.25, -0.2) is 0 Å². The molecule has 0 atom stereocenters. The summed E-state index contributed by atoms with van der Waals surface area (Å²) in [7, 11) is 6.84. The molecule has 242 valence electrons. The van der Waals surface area contributed by atoms with Gasteiger partial charge in [0.05, 0.1) is 29.9 Å². The zero-order chi connectivity index (χ0) is 33.7. The highest BCUT2D eigenvalue weighted by molar-refractivity contribution is 5.84. The largest absolute Gasteiger partial charge is 0.494 e. The summed E-state index contributed by atoms with van der Waals surface area (Å²) in [5, 5.41) is 8.31. The molecule has 1 fully saturated rings. The standard InChI is InChI=1S/C31H42N8O2.C2H5NO/c1-18-8-12-26(37-27(20(3)33)14-28(34)38-31(40)22-9-10-22)30(41-7)29(18)23-11-13-25(36-16-23)21(4)39(6)17-24(15-35-5)19(2)32;1-3-2-4/h8,11-16,22,37H,4,9-10,17,32-34H2,1-3,5-7H3,(H,38,40);2H,1H3,(H,3,4)/b24-19+,27-20+,28-14+,35-15?;. The Kier molecular flexibility index (Phi) is 13.7. The van der Waals surface area contributed by atoms with Crippen molar-refractivity contribution in [3.63, 3.8) is 0 Å². The number of aliphatic imine (C=N–C) groups is 1. The van der Waals surface area contributed by atoms with E-state index in [9.17, 15) is 4.79 Å². The summed E-state index contributed by atoms with van der Waals surface area (Å²) < 4.78 is 5.88. The van der Waals surface area contributed by atoms with Crippen LogP contribution in [-0.2, 0) is 9.59 Å². The SMILES string of the molecule is C=C(c1ccc(-c2c(C)ccc(NC(/C=C(\N)NC(=O)C3CC3)=C(\C)N)c2OC)cn1)N(C)C/C(C=NC)=C(\C)N.CNC=O. The van der Waals surface area contributed by atoms with Gasteiger partial charge < -0.3 is 42.8 Å². The lowest BCUT2D eigenvalue weighted by atomic mass is 9.99.